The van der Waals surface area contributed by atoms with Crippen molar-refractivity contribution in [3.05, 3.63) is 29.8 Å². The highest BCUT2D eigenvalue weighted by Gasteiger charge is 2.34. The van der Waals surface area contributed by atoms with Crippen molar-refractivity contribution in [1.29, 1.82) is 5.26 Å². The zero-order chi connectivity index (χ0) is 13.9. The van der Waals surface area contributed by atoms with E-state index in [9.17, 15) is 8.42 Å². The predicted octanol–water partition coefficient (Wildman–Crippen LogP) is 1.72. The van der Waals surface area contributed by atoms with Crippen LogP contribution in [0, 0.1) is 17.2 Å². The van der Waals surface area contributed by atoms with Crippen LogP contribution >= 0.6 is 0 Å². The van der Waals surface area contributed by atoms with Gasteiger partial charge in [0.25, 0.3) is 0 Å². The maximum absolute atomic E-state index is 12.1. The Bertz CT molecular complexity index is 590. The van der Waals surface area contributed by atoms with Gasteiger partial charge < -0.3 is 5.32 Å². The Morgan fingerprint density at radius 1 is 1.47 bits per heavy atom. The Morgan fingerprint density at radius 3 is 2.89 bits per heavy atom. The summed E-state index contributed by atoms with van der Waals surface area (Å²) in [7, 11) is -3.30. The molecule has 5 heteroatoms. The van der Waals surface area contributed by atoms with E-state index in [1.807, 2.05) is 6.07 Å². The topological polar surface area (TPSA) is 70.0 Å². The summed E-state index contributed by atoms with van der Waals surface area (Å²) in [6, 6.07) is 8.63. The lowest BCUT2D eigenvalue weighted by Gasteiger charge is -2.06. The molecule has 102 valence electrons. The van der Waals surface area contributed by atoms with Gasteiger partial charge in [-0.3, -0.25) is 0 Å². The van der Waals surface area contributed by atoms with Gasteiger partial charge in [-0.1, -0.05) is 19.4 Å². The summed E-state index contributed by atoms with van der Waals surface area (Å²) in [5.41, 5.74) is 0.377. The zero-order valence-electron chi connectivity index (χ0n) is 11.0. The average molecular weight is 278 g/mol. The molecule has 0 spiro atoms. The SMILES string of the molecule is CCC1CC1NCCS(=O)(=O)c1cccc(C#N)c1. The molecule has 1 aliphatic rings. The lowest BCUT2D eigenvalue weighted by Crippen LogP contribution is -2.25. The number of nitriles is 1. The Kier molecular flexibility index (Phi) is 4.23. The maximum atomic E-state index is 12.1. The minimum Gasteiger partial charge on any atom is -0.313 e. The van der Waals surface area contributed by atoms with Gasteiger partial charge in [0.1, 0.15) is 0 Å². The number of nitrogens with zero attached hydrogens (tertiary/aromatic N) is 1. The average Bonchev–Trinajstić information content (AvgIpc) is 3.17. The molecule has 1 fully saturated rings. The molecule has 1 N–H and O–H groups in total. The van der Waals surface area contributed by atoms with Gasteiger partial charge in [0.2, 0.25) is 0 Å². The summed E-state index contributed by atoms with van der Waals surface area (Å²) in [6.45, 7) is 2.62. The second kappa shape index (κ2) is 5.72. The summed E-state index contributed by atoms with van der Waals surface area (Å²) in [6.07, 6.45) is 2.30. The normalized spacial score (nSPS) is 21.9. The van der Waals surface area contributed by atoms with Crippen molar-refractivity contribution in [2.45, 2.75) is 30.7 Å². The van der Waals surface area contributed by atoms with E-state index >= 15 is 0 Å². The van der Waals surface area contributed by atoms with E-state index in [2.05, 4.69) is 12.2 Å². The van der Waals surface area contributed by atoms with Crippen LogP contribution in [-0.2, 0) is 9.84 Å². The van der Waals surface area contributed by atoms with Crippen LogP contribution in [0.5, 0.6) is 0 Å². The van der Waals surface area contributed by atoms with Crippen molar-refractivity contribution in [2.24, 2.45) is 5.92 Å². The molecule has 0 bridgehead atoms. The molecule has 0 amide bonds. The van der Waals surface area contributed by atoms with Gasteiger partial charge in [-0.05, 0) is 30.5 Å². The van der Waals surface area contributed by atoms with E-state index in [4.69, 9.17) is 5.26 Å². The Balaban J connectivity index is 1.93. The molecule has 1 aromatic carbocycles. The highest BCUT2D eigenvalue weighted by molar-refractivity contribution is 7.91. The number of benzene rings is 1. The van der Waals surface area contributed by atoms with E-state index in [-0.39, 0.29) is 10.6 Å². The molecule has 0 aromatic heterocycles. The molecule has 2 atom stereocenters. The number of sulfone groups is 1. The molecule has 1 aliphatic carbocycles. The highest BCUT2D eigenvalue weighted by Crippen LogP contribution is 2.32. The van der Waals surface area contributed by atoms with Crippen LogP contribution < -0.4 is 5.32 Å². The monoisotopic (exact) mass is 278 g/mol. The quantitative estimate of drug-likeness (QED) is 0.860. The van der Waals surface area contributed by atoms with Crippen LogP contribution in [0.2, 0.25) is 0 Å². The van der Waals surface area contributed by atoms with Crippen LogP contribution in [-0.4, -0.2) is 26.8 Å². The molecule has 0 radical (unpaired) electrons. The highest BCUT2D eigenvalue weighted by atomic mass is 32.2. The molecule has 1 saturated carbocycles. The summed E-state index contributed by atoms with van der Waals surface area (Å²) in [5, 5.41) is 12.1. The molecule has 2 unspecified atom stereocenters. The molecule has 19 heavy (non-hydrogen) atoms. The number of rotatable bonds is 6. The molecule has 0 aliphatic heterocycles. The summed E-state index contributed by atoms with van der Waals surface area (Å²) in [5.74, 6) is 0.791. The van der Waals surface area contributed by atoms with E-state index in [0.717, 1.165) is 12.8 Å². The molecule has 4 nitrogen and oxygen atoms in total. The lowest BCUT2D eigenvalue weighted by molar-refractivity contribution is 0.586. The first kappa shape index (κ1) is 14.0. The smallest absolute Gasteiger partial charge is 0.179 e. The fourth-order valence-corrected chi connectivity index (χ4v) is 3.42. The molecule has 2 rings (SSSR count). The van der Waals surface area contributed by atoms with E-state index in [1.54, 1.807) is 18.2 Å². The van der Waals surface area contributed by atoms with Gasteiger partial charge in [-0.25, -0.2) is 8.42 Å². The second-order valence-corrected chi connectivity index (χ2v) is 7.03. The van der Waals surface area contributed by atoms with Gasteiger partial charge in [0.15, 0.2) is 9.84 Å². The van der Waals surface area contributed by atoms with Crippen LogP contribution in [0.15, 0.2) is 29.2 Å². The standard InChI is InChI=1S/C14H18N2O2S/c1-2-12-9-14(12)16-6-7-19(17,18)13-5-3-4-11(8-13)10-15/h3-5,8,12,14,16H,2,6-7,9H2,1H3. The number of nitrogens with one attached hydrogen (secondary N) is 1. The van der Waals surface area contributed by atoms with E-state index in [0.29, 0.717) is 24.1 Å². The minimum atomic E-state index is -3.30. The van der Waals surface area contributed by atoms with Crippen LogP contribution in [0.4, 0.5) is 0 Å². The molecule has 0 heterocycles. The number of hydrogen-bond acceptors (Lipinski definition) is 4. The summed E-state index contributed by atoms with van der Waals surface area (Å²) in [4.78, 5) is 0.233. The third-order valence-electron chi connectivity index (χ3n) is 3.55. The van der Waals surface area contributed by atoms with Crippen molar-refractivity contribution >= 4 is 9.84 Å². The van der Waals surface area contributed by atoms with Crippen molar-refractivity contribution in [3.8, 4) is 6.07 Å². The molecule has 0 saturated heterocycles. The van der Waals surface area contributed by atoms with E-state index in [1.165, 1.54) is 6.07 Å². The Hall–Kier alpha value is -1.38. The molecule has 1 aromatic rings. The molecular formula is C14H18N2O2S. The van der Waals surface area contributed by atoms with Gasteiger partial charge >= 0.3 is 0 Å². The first-order valence-corrected chi connectivity index (χ1v) is 8.18. The second-order valence-electron chi connectivity index (χ2n) is 4.92. The summed E-state index contributed by atoms with van der Waals surface area (Å²) >= 11 is 0. The Labute approximate surface area is 114 Å². The van der Waals surface area contributed by atoms with Crippen LogP contribution in [0.3, 0.4) is 0 Å². The maximum Gasteiger partial charge on any atom is 0.179 e. The van der Waals surface area contributed by atoms with Crippen molar-refractivity contribution < 1.29 is 8.42 Å². The third-order valence-corrected chi connectivity index (χ3v) is 5.26. The third kappa shape index (κ3) is 3.55. The Morgan fingerprint density at radius 2 is 2.26 bits per heavy atom. The number of hydrogen-bond donors (Lipinski definition) is 1. The van der Waals surface area contributed by atoms with Crippen LogP contribution in [0.1, 0.15) is 25.3 Å². The van der Waals surface area contributed by atoms with Gasteiger partial charge in [-0.15, -0.1) is 0 Å². The van der Waals surface area contributed by atoms with Gasteiger partial charge in [0.05, 0.1) is 22.3 Å². The van der Waals surface area contributed by atoms with Gasteiger partial charge in [-0.2, -0.15) is 5.26 Å². The first-order valence-electron chi connectivity index (χ1n) is 6.53. The fourth-order valence-electron chi connectivity index (χ4n) is 2.20. The zero-order valence-corrected chi connectivity index (χ0v) is 11.8. The van der Waals surface area contributed by atoms with Crippen molar-refractivity contribution in [2.75, 3.05) is 12.3 Å². The van der Waals surface area contributed by atoms with Crippen LogP contribution in [0.25, 0.3) is 0 Å². The van der Waals surface area contributed by atoms with Crippen molar-refractivity contribution in [3.63, 3.8) is 0 Å². The molecular weight excluding hydrogens is 260 g/mol. The van der Waals surface area contributed by atoms with E-state index < -0.39 is 9.84 Å². The predicted molar refractivity (Wildman–Crippen MR) is 73.4 cm³/mol. The van der Waals surface area contributed by atoms with Gasteiger partial charge in [0, 0.05) is 12.6 Å². The van der Waals surface area contributed by atoms with Crippen molar-refractivity contribution in [1.82, 2.24) is 5.32 Å². The largest absolute Gasteiger partial charge is 0.313 e. The summed E-state index contributed by atoms with van der Waals surface area (Å²) < 4.78 is 24.2. The fraction of sp³-hybridized carbons (Fsp3) is 0.500. The lowest BCUT2D eigenvalue weighted by atomic mass is 10.2. The minimum absolute atomic E-state index is 0.0782. The first-order chi connectivity index (χ1) is 9.06.